The van der Waals surface area contributed by atoms with Gasteiger partial charge in [-0.1, -0.05) is 72.8 Å². The molecular weight excluding hydrogens is 396 g/mol. The predicted molar refractivity (Wildman–Crippen MR) is 127 cm³/mol. The molecule has 0 spiro atoms. The maximum absolute atomic E-state index is 5.85. The summed E-state index contributed by atoms with van der Waals surface area (Å²) in [6, 6.07) is 35.9. The lowest BCUT2D eigenvalue weighted by atomic mass is 10.1. The molecule has 4 aromatic carbocycles. The highest BCUT2D eigenvalue weighted by atomic mass is 16.5. The monoisotopic (exact) mass is 422 g/mol. The second-order valence-corrected chi connectivity index (χ2v) is 7.50. The van der Waals surface area contributed by atoms with Gasteiger partial charge in [-0.05, 0) is 60.0 Å². The van der Waals surface area contributed by atoms with Crippen molar-refractivity contribution < 1.29 is 9.47 Å². The van der Waals surface area contributed by atoms with Gasteiger partial charge >= 0.3 is 0 Å². The Bertz CT molecular complexity index is 1110. The smallest absolute Gasteiger partial charge is 0.119 e. The first-order valence-corrected chi connectivity index (χ1v) is 10.7. The average Bonchev–Trinajstić information content (AvgIpc) is 2.87. The van der Waals surface area contributed by atoms with Crippen LogP contribution in [0.1, 0.15) is 29.7 Å². The Morgan fingerprint density at radius 2 is 1.06 bits per heavy atom. The van der Waals surface area contributed by atoms with Gasteiger partial charge in [-0.3, -0.25) is 0 Å². The Morgan fingerprint density at radius 1 is 0.594 bits per heavy atom. The van der Waals surface area contributed by atoms with E-state index in [1.165, 1.54) is 0 Å². The third-order valence-electron chi connectivity index (χ3n) is 5.04. The van der Waals surface area contributed by atoms with E-state index in [1.807, 2.05) is 104 Å². The van der Waals surface area contributed by atoms with Crippen LogP contribution in [0.4, 0.5) is 5.69 Å². The quantitative estimate of drug-likeness (QED) is 0.259. The molecule has 0 aliphatic heterocycles. The zero-order valence-corrected chi connectivity index (χ0v) is 18.1. The number of ether oxygens (including phenoxy) is 2. The molecule has 0 N–H and O–H groups in total. The van der Waals surface area contributed by atoms with Crippen molar-refractivity contribution in [3.63, 3.8) is 0 Å². The van der Waals surface area contributed by atoms with Crippen LogP contribution in [0, 0.1) is 0 Å². The summed E-state index contributed by atoms with van der Waals surface area (Å²) in [6.07, 6.45) is 0. The number of rotatable bonds is 9. The van der Waals surface area contributed by atoms with Gasteiger partial charge in [0.1, 0.15) is 24.7 Å². The van der Waals surface area contributed by atoms with Crippen LogP contribution in [0.3, 0.4) is 0 Å². The van der Waals surface area contributed by atoms with Crippen LogP contribution < -0.4 is 9.47 Å². The molecular formula is C28H26N2O2. The first-order valence-electron chi connectivity index (χ1n) is 10.7. The first kappa shape index (κ1) is 21.3. The maximum atomic E-state index is 5.85. The summed E-state index contributed by atoms with van der Waals surface area (Å²) >= 11 is 0. The Kier molecular flexibility index (Phi) is 7.27. The average molecular weight is 423 g/mol. The van der Waals surface area contributed by atoms with Gasteiger partial charge in [0.15, 0.2) is 0 Å². The summed E-state index contributed by atoms with van der Waals surface area (Å²) in [5.74, 6) is 1.65. The van der Waals surface area contributed by atoms with E-state index in [0.717, 1.165) is 33.9 Å². The molecule has 0 amide bonds. The summed E-state index contributed by atoms with van der Waals surface area (Å²) in [5, 5.41) is 8.83. The largest absolute Gasteiger partial charge is 0.489 e. The summed E-state index contributed by atoms with van der Waals surface area (Å²) < 4.78 is 11.7. The van der Waals surface area contributed by atoms with E-state index in [9.17, 15) is 0 Å². The minimum Gasteiger partial charge on any atom is -0.489 e. The van der Waals surface area contributed by atoms with Crippen LogP contribution in [-0.4, -0.2) is 0 Å². The molecule has 4 nitrogen and oxygen atoms in total. The van der Waals surface area contributed by atoms with Crippen molar-refractivity contribution in [2.45, 2.75) is 26.2 Å². The fraction of sp³-hybridized carbons (Fsp3) is 0.143. The molecule has 4 aromatic rings. The minimum absolute atomic E-state index is 0.0489. The van der Waals surface area contributed by atoms with Gasteiger partial charge in [-0.2, -0.15) is 10.2 Å². The van der Waals surface area contributed by atoms with Crippen LogP contribution in [-0.2, 0) is 13.2 Å². The van der Waals surface area contributed by atoms with Crippen molar-refractivity contribution in [1.82, 2.24) is 0 Å². The normalized spacial score (nSPS) is 11.9. The second kappa shape index (κ2) is 10.9. The highest BCUT2D eigenvalue weighted by Gasteiger charge is 2.05. The van der Waals surface area contributed by atoms with E-state index in [4.69, 9.17) is 9.47 Å². The summed E-state index contributed by atoms with van der Waals surface area (Å²) in [6.45, 7) is 3.13. The van der Waals surface area contributed by atoms with Gasteiger partial charge in [-0.15, -0.1) is 0 Å². The molecule has 1 atom stereocenters. The first-order chi connectivity index (χ1) is 15.8. The van der Waals surface area contributed by atoms with Gasteiger partial charge < -0.3 is 9.47 Å². The maximum Gasteiger partial charge on any atom is 0.119 e. The molecule has 0 aromatic heterocycles. The molecule has 0 bridgehead atoms. The lowest BCUT2D eigenvalue weighted by Gasteiger charge is -2.09. The van der Waals surface area contributed by atoms with Crippen LogP contribution in [0.2, 0.25) is 0 Å². The Labute approximate surface area is 189 Å². The van der Waals surface area contributed by atoms with Crippen LogP contribution in [0.25, 0.3) is 0 Å². The molecule has 1 unspecified atom stereocenters. The van der Waals surface area contributed by atoms with E-state index < -0.39 is 0 Å². The Hall–Kier alpha value is -3.92. The number of nitrogens with zero attached hydrogens (tertiary/aromatic N) is 2. The summed E-state index contributed by atoms with van der Waals surface area (Å²) in [5.41, 5.74) is 4.17. The third-order valence-corrected chi connectivity index (χ3v) is 5.04. The van der Waals surface area contributed by atoms with Crippen LogP contribution in [0.5, 0.6) is 11.5 Å². The summed E-state index contributed by atoms with van der Waals surface area (Å²) in [4.78, 5) is 0. The van der Waals surface area contributed by atoms with Crippen molar-refractivity contribution in [2.24, 2.45) is 10.2 Å². The van der Waals surface area contributed by atoms with E-state index in [1.54, 1.807) is 0 Å². The standard InChI is InChI=1S/C28H26N2O2/c1-22(25-12-16-27(17-13-25)31-20-23-8-4-2-5-9-23)29-30-26-14-18-28(19-15-26)32-21-24-10-6-3-7-11-24/h2-19,22H,20-21H2,1H3. The van der Waals surface area contributed by atoms with Crippen molar-refractivity contribution in [2.75, 3.05) is 0 Å². The van der Waals surface area contributed by atoms with Gasteiger partial charge in [0, 0.05) is 0 Å². The summed E-state index contributed by atoms with van der Waals surface area (Å²) in [7, 11) is 0. The molecule has 0 saturated carbocycles. The Morgan fingerprint density at radius 3 is 1.56 bits per heavy atom. The molecule has 0 heterocycles. The molecule has 0 aliphatic rings. The van der Waals surface area contributed by atoms with E-state index in [0.29, 0.717) is 13.2 Å². The lowest BCUT2D eigenvalue weighted by Crippen LogP contribution is -1.95. The molecule has 0 aliphatic carbocycles. The van der Waals surface area contributed by atoms with Gasteiger partial charge in [0.05, 0.1) is 11.7 Å². The van der Waals surface area contributed by atoms with Crippen molar-refractivity contribution >= 4 is 5.69 Å². The molecule has 0 fully saturated rings. The molecule has 4 rings (SSSR count). The van der Waals surface area contributed by atoms with Crippen molar-refractivity contribution in [3.05, 3.63) is 126 Å². The second-order valence-electron chi connectivity index (χ2n) is 7.50. The molecule has 32 heavy (non-hydrogen) atoms. The fourth-order valence-corrected chi connectivity index (χ4v) is 3.15. The van der Waals surface area contributed by atoms with E-state index in [-0.39, 0.29) is 6.04 Å². The minimum atomic E-state index is -0.0489. The predicted octanol–water partition coefficient (Wildman–Crippen LogP) is 7.69. The van der Waals surface area contributed by atoms with Gasteiger partial charge in [-0.25, -0.2) is 0 Å². The molecule has 160 valence electrons. The fourth-order valence-electron chi connectivity index (χ4n) is 3.15. The highest BCUT2D eigenvalue weighted by Crippen LogP contribution is 2.24. The van der Waals surface area contributed by atoms with Crippen molar-refractivity contribution in [3.8, 4) is 11.5 Å². The zero-order valence-electron chi connectivity index (χ0n) is 18.1. The highest BCUT2D eigenvalue weighted by molar-refractivity contribution is 5.40. The SMILES string of the molecule is CC(N=Nc1ccc(OCc2ccccc2)cc1)c1ccc(OCc2ccccc2)cc1. The van der Waals surface area contributed by atoms with Crippen LogP contribution in [0.15, 0.2) is 119 Å². The lowest BCUT2D eigenvalue weighted by molar-refractivity contribution is 0.306. The van der Waals surface area contributed by atoms with Gasteiger partial charge in [0.25, 0.3) is 0 Å². The molecule has 0 saturated heterocycles. The topological polar surface area (TPSA) is 43.2 Å². The van der Waals surface area contributed by atoms with Crippen LogP contribution >= 0.6 is 0 Å². The van der Waals surface area contributed by atoms with Gasteiger partial charge in [0.2, 0.25) is 0 Å². The van der Waals surface area contributed by atoms with E-state index >= 15 is 0 Å². The zero-order chi connectivity index (χ0) is 22.0. The van der Waals surface area contributed by atoms with E-state index in [2.05, 4.69) is 22.4 Å². The number of hydrogen-bond acceptors (Lipinski definition) is 4. The number of azo groups is 1. The third kappa shape index (κ3) is 6.29. The number of benzene rings is 4. The Balaban J connectivity index is 1.28. The number of hydrogen-bond donors (Lipinski definition) is 0. The molecule has 0 radical (unpaired) electrons. The van der Waals surface area contributed by atoms with Crippen molar-refractivity contribution in [1.29, 1.82) is 0 Å². The molecule has 4 heteroatoms.